The number of carbonyl (C=O) groups is 2. The number of benzene rings is 1. The van der Waals surface area contributed by atoms with Crippen molar-refractivity contribution in [3.05, 3.63) is 29.3 Å². The van der Waals surface area contributed by atoms with Gasteiger partial charge in [-0.1, -0.05) is 17.7 Å². The van der Waals surface area contributed by atoms with Gasteiger partial charge < -0.3 is 15.3 Å². The minimum absolute atomic E-state index is 0.233. The second-order valence-corrected chi connectivity index (χ2v) is 6.35. The van der Waals surface area contributed by atoms with E-state index in [1.807, 2.05) is 20.8 Å². The van der Waals surface area contributed by atoms with Crippen molar-refractivity contribution in [3.63, 3.8) is 0 Å². The summed E-state index contributed by atoms with van der Waals surface area (Å²) >= 11 is 5.94. The van der Waals surface area contributed by atoms with Gasteiger partial charge in [-0.25, -0.2) is 0 Å². The maximum absolute atomic E-state index is 12.3. The Balaban J connectivity index is 3.02. The van der Waals surface area contributed by atoms with Crippen LogP contribution in [0.1, 0.15) is 27.7 Å². The Kier molecular flexibility index (Phi) is 5.61. The predicted molar refractivity (Wildman–Crippen MR) is 83.8 cm³/mol. The normalized spacial score (nSPS) is 12.6. The number of rotatable bonds is 5. The highest BCUT2D eigenvalue weighted by Gasteiger charge is 2.26. The van der Waals surface area contributed by atoms with Crippen LogP contribution in [0, 0.1) is 0 Å². The quantitative estimate of drug-likeness (QED) is 0.876. The van der Waals surface area contributed by atoms with Crippen LogP contribution in [0.25, 0.3) is 0 Å². The first-order chi connectivity index (χ1) is 9.60. The van der Waals surface area contributed by atoms with Gasteiger partial charge in [0.25, 0.3) is 0 Å². The first kappa shape index (κ1) is 17.3. The van der Waals surface area contributed by atoms with Crippen LogP contribution in [0.2, 0.25) is 5.02 Å². The third-order valence-electron chi connectivity index (χ3n) is 2.79. The van der Waals surface area contributed by atoms with E-state index in [2.05, 4.69) is 5.32 Å². The van der Waals surface area contributed by atoms with Crippen LogP contribution >= 0.6 is 11.6 Å². The molecule has 116 valence electrons. The molecular weight excluding hydrogens is 292 g/mol. The van der Waals surface area contributed by atoms with Gasteiger partial charge in [0.15, 0.2) is 0 Å². The number of halogens is 1. The SMILES string of the molecule is CC(C(=O)NC(C)(C)C)N(CC(=O)O)c1cccc(Cl)c1. The summed E-state index contributed by atoms with van der Waals surface area (Å²) in [7, 11) is 0. The molecule has 0 saturated heterocycles. The average molecular weight is 313 g/mol. The van der Waals surface area contributed by atoms with Crippen LogP contribution < -0.4 is 10.2 Å². The molecule has 0 bridgehead atoms. The van der Waals surface area contributed by atoms with Crippen molar-refractivity contribution in [2.24, 2.45) is 0 Å². The number of hydrogen-bond donors (Lipinski definition) is 2. The summed E-state index contributed by atoms with van der Waals surface area (Å²) < 4.78 is 0. The van der Waals surface area contributed by atoms with E-state index in [0.29, 0.717) is 10.7 Å². The van der Waals surface area contributed by atoms with Gasteiger partial charge in [0, 0.05) is 16.2 Å². The van der Waals surface area contributed by atoms with Crippen LogP contribution in [0.3, 0.4) is 0 Å². The summed E-state index contributed by atoms with van der Waals surface area (Å²) in [6, 6.07) is 6.17. The van der Waals surface area contributed by atoms with Gasteiger partial charge >= 0.3 is 5.97 Å². The van der Waals surface area contributed by atoms with Crippen molar-refractivity contribution >= 4 is 29.2 Å². The summed E-state index contributed by atoms with van der Waals surface area (Å²) in [5, 5.41) is 12.4. The van der Waals surface area contributed by atoms with Gasteiger partial charge in [-0.15, -0.1) is 0 Å². The van der Waals surface area contributed by atoms with Gasteiger partial charge in [-0.3, -0.25) is 9.59 Å². The molecule has 0 fully saturated rings. The number of aliphatic carboxylic acids is 1. The molecule has 1 amide bonds. The molecule has 5 nitrogen and oxygen atoms in total. The number of anilines is 1. The minimum Gasteiger partial charge on any atom is -0.480 e. The molecule has 0 aromatic heterocycles. The monoisotopic (exact) mass is 312 g/mol. The number of amides is 1. The van der Waals surface area contributed by atoms with Crippen LogP contribution in [0.15, 0.2) is 24.3 Å². The van der Waals surface area contributed by atoms with E-state index in [-0.39, 0.29) is 18.0 Å². The third-order valence-corrected chi connectivity index (χ3v) is 3.03. The largest absolute Gasteiger partial charge is 0.480 e. The molecule has 1 unspecified atom stereocenters. The first-order valence-corrected chi connectivity index (χ1v) is 7.04. The standard InChI is InChI=1S/C15H21ClN2O3/c1-10(14(21)17-15(2,3)4)18(9-13(19)20)12-7-5-6-11(16)8-12/h5-8,10H,9H2,1-4H3,(H,17,21)(H,19,20). The van der Waals surface area contributed by atoms with Crippen LogP contribution in [-0.2, 0) is 9.59 Å². The van der Waals surface area contributed by atoms with Gasteiger partial charge in [-0.05, 0) is 45.9 Å². The fourth-order valence-corrected chi connectivity index (χ4v) is 2.05. The second-order valence-electron chi connectivity index (χ2n) is 5.92. The van der Waals surface area contributed by atoms with Gasteiger partial charge in [-0.2, -0.15) is 0 Å². The van der Waals surface area contributed by atoms with E-state index in [1.165, 1.54) is 4.90 Å². The third kappa shape index (κ3) is 5.63. The molecule has 2 N–H and O–H groups in total. The summed E-state index contributed by atoms with van der Waals surface area (Å²) in [6.07, 6.45) is 0. The molecule has 1 atom stereocenters. The molecule has 0 spiro atoms. The molecule has 0 radical (unpaired) electrons. The van der Waals surface area contributed by atoms with Gasteiger partial charge in [0.1, 0.15) is 12.6 Å². The van der Waals surface area contributed by atoms with E-state index in [4.69, 9.17) is 16.7 Å². The number of nitrogens with zero attached hydrogens (tertiary/aromatic N) is 1. The first-order valence-electron chi connectivity index (χ1n) is 6.66. The fourth-order valence-electron chi connectivity index (χ4n) is 1.87. The lowest BCUT2D eigenvalue weighted by atomic mass is 10.1. The second kappa shape index (κ2) is 6.80. The molecule has 21 heavy (non-hydrogen) atoms. The van der Waals surface area contributed by atoms with E-state index < -0.39 is 12.0 Å². The molecule has 0 saturated carbocycles. The molecule has 0 aliphatic carbocycles. The highest BCUT2D eigenvalue weighted by Crippen LogP contribution is 2.21. The summed E-state index contributed by atoms with van der Waals surface area (Å²) in [5.41, 5.74) is 0.218. The lowest BCUT2D eigenvalue weighted by molar-refractivity contribution is -0.135. The Morgan fingerprint density at radius 1 is 1.38 bits per heavy atom. The van der Waals surface area contributed by atoms with E-state index in [0.717, 1.165) is 0 Å². The lowest BCUT2D eigenvalue weighted by Crippen LogP contribution is -2.52. The topological polar surface area (TPSA) is 69.6 Å². The predicted octanol–water partition coefficient (Wildman–Crippen LogP) is 2.53. The Labute approximate surface area is 129 Å². The number of carboxylic acid groups (broad SMARTS) is 1. The minimum atomic E-state index is -1.01. The molecule has 0 aliphatic rings. The zero-order valence-corrected chi connectivity index (χ0v) is 13.4. The van der Waals surface area contributed by atoms with Crippen molar-refractivity contribution < 1.29 is 14.7 Å². The zero-order chi connectivity index (χ0) is 16.2. The molecular formula is C15H21ClN2O3. The van der Waals surface area contributed by atoms with Crippen LogP contribution in [0.5, 0.6) is 0 Å². The van der Waals surface area contributed by atoms with Gasteiger partial charge in [0.2, 0.25) is 5.91 Å². The highest BCUT2D eigenvalue weighted by molar-refractivity contribution is 6.30. The molecule has 0 heterocycles. The molecule has 0 aliphatic heterocycles. The number of hydrogen-bond acceptors (Lipinski definition) is 3. The summed E-state index contributed by atoms with van der Waals surface area (Å²) in [4.78, 5) is 24.8. The summed E-state index contributed by atoms with van der Waals surface area (Å²) in [6.45, 7) is 7.01. The maximum atomic E-state index is 12.3. The van der Waals surface area contributed by atoms with Crippen molar-refractivity contribution in [3.8, 4) is 0 Å². The van der Waals surface area contributed by atoms with Crippen molar-refractivity contribution in [2.45, 2.75) is 39.3 Å². The number of carbonyl (C=O) groups excluding carboxylic acids is 1. The van der Waals surface area contributed by atoms with Crippen LogP contribution in [-0.4, -0.2) is 35.1 Å². The van der Waals surface area contributed by atoms with Crippen LogP contribution in [0.4, 0.5) is 5.69 Å². The van der Waals surface area contributed by atoms with E-state index in [1.54, 1.807) is 31.2 Å². The zero-order valence-electron chi connectivity index (χ0n) is 12.7. The molecule has 1 aromatic carbocycles. The fraction of sp³-hybridized carbons (Fsp3) is 0.467. The Hall–Kier alpha value is -1.75. The number of carboxylic acids is 1. The lowest BCUT2D eigenvalue weighted by Gasteiger charge is -2.31. The van der Waals surface area contributed by atoms with Gasteiger partial charge in [0.05, 0.1) is 0 Å². The average Bonchev–Trinajstić information content (AvgIpc) is 2.32. The molecule has 1 aromatic rings. The van der Waals surface area contributed by atoms with Crippen molar-refractivity contribution in [1.82, 2.24) is 5.32 Å². The highest BCUT2D eigenvalue weighted by atomic mass is 35.5. The maximum Gasteiger partial charge on any atom is 0.323 e. The Morgan fingerprint density at radius 3 is 2.48 bits per heavy atom. The number of nitrogens with one attached hydrogen (secondary N) is 1. The Bertz CT molecular complexity index is 526. The molecule has 6 heteroatoms. The summed E-state index contributed by atoms with van der Waals surface area (Å²) in [5.74, 6) is -1.24. The Morgan fingerprint density at radius 2 is 2.00 bits per heavy atom. The van der Waals surface area contributed by atoms with E-state index >= 15 is 0 Å². The van der Waals surface area contributed by atoms with Crippen molar-refractivity contribution in [2.75, 3.05) is 11.4 Å². The smallest absolute Gasteiger partial charge is 0.323 e. The van der Waals surface area contributed by atoms with Crippen molar-refractivity contribution in [1.29, 1.82) is 0 Å². The molecule has 1 rings (SSSR count). The van der Waals surface area contributed by atoms with E-state index in [9.17, 15) is 9.59 Å².